The van der Waals surface area contributed by atoms with Gasteiger partial charge in [-0.15, -0.1) is 0 Å². The number of carbonyl (C=O) groups is 1. The van der Waals surface area contributed by atoms with Crippen LogP contribution in [0.3, 0.4) is 0 Å². The molecule has 1 fully saturated rings. The summed E-state index contributed by atoms with van der Waals surface area (Å²) in [5, 5.41) is 2.79. The molecule has 1 aliphatic rings. The topological polar surface area (TPSA) is 55.1 Å². The molecule has 3 N–H and O–H groups in total. The van der Waals surface area contributed by atoms with Crippen molar-refractivity contribution in [1.82, 2.24) is 5.32 Å². The van der Waals surface area contributed by atoms with Crippen molar-refractivity contribution in [2.45, 2.75) is 18.4 Å². The van der Waals surface area contributed by atoms with Crippen molar-refractivity contribution in [2.24, 2.45) is 5.73 Å². The molecule has 3 heteroatoms. The summed E-state index contributed by atoms with van der Waals surface area (Å²) in [4.78, 5) is 10.7. The lowest BCUT2D eigenvalue weighted by molar-refractivity contribution is 0.244. The second-order valence-electron chi connectivity index (χ2n) is 3.44. The monoisotopic (exact) mass is 176 g/mol. The Balaban J connectivity index is 2.21. The highest BCUT2D eigenvalue weighted by Gasteiger charge is 2.45. The van der Waals surface area contributed by atoms with E-state index in [1.165, 1.54) is 0 Å². The molecular formula is C10H12N2O. The van der Waals surface area contributed by atoms with Crippen LogP contribution in [-0.2, 0) is 5.54 Å². The van der Waals surface area contributed by atoms with Gasteiger partial charge in [0.2, 0.25) is 0 Å². The lowest BCUT2D eigenvalue weighted by Crippen LogP contribution is -2.38. The number of rotatable bonds is 2. The Kier molecular flexibility index (Phi) is 1.72. The fourth-order valence-electron chi connectivity index (χ4n) is 1.60. The van der Waals surface area contributed by atoms with E-state index in [4.69, 9.17) is 5.73 Å². The first-order valence-corrected chi connectivity index (χ1v) is 4.36. The maximum Gasteiger partial charge on any atom is 0.312 e. The summed E-state index contributed by atoms with van der Waals surface area (Å²) in [6.07, 6.45) is 1.97. The molecule has 0 radical (unpaired) electrons. The zero-order valence-electron chi connectivity index (χ0n) is 7.29. The first-order chi connectivity index (χ1) is 6.23. The summed E-state index contributed by atoms with van der Waals surface area (Å²) < 4.78 is 0. The van der Waals surface area contributed by atoms with Crippen molar-refractivity contribution >= 4 is 6.03 Å². The molecule has 0 saturated heterocycles. The third-order valence-electron chi connectivity index (χ3n) is 2.44. The van der Waals surface area contributed by atoms with Gasteiger partial charge < -0.3 is 11.1 Å². The highest BCUT2D eigenvalue weighted by atomic mass is 16.2. The standard InChI is InChI=1S/C10H12N2O/c11-9(13)12-10(6-7-10)8-4-2-1-3-5-8/h1-5H,6-7H2,(H3,11,12,13). The van der Waals surface area contributed by atoms with Gasteiger partial charge in [-0.3, -0.25) is 0 Å². The lowest BCUT2D eigenvalue weighted by atomic mass is 10.1. The van der Waals surface area contributed by atoms with Crippen LogP contribution in [-0.4, -0.2) is 6.03 Å². The zero-order valence-corrected chi connectivity index (χ0v) is 7.29. The molecule has 68 valence electrons. The van der Waals surface area contributed by atoms with E-state index in [1.54, 1.807) is 0 Å². The van der Waals surface area contributed by atoms with Crippen molar-refractivity contribution in [3.05, 3.63) is 35.9 Å². The van der Waals surface area contributed by atoms with Crippen LogP contribution in [0.5, 0.6) is 0 Å². The molecule has 3 nitrogen and oxygen atoms in total. The molecule has 2 rings (SSSR count). The number of nitrogens with one attached hydrogen (secondary N) is 1. The second-order valence-corrected chi connectivity index (χ2v) is 3.44. The van der Waals surface area contributed by atoms with Gasteiger partial charge >= 0.3 is 6.03 Å². The third-order valence-corrected chi connectivity index (χ3v) is 2.44. The molecule has 13 heavy (non-hydrogen) atoms. The highest BCUT2D eigenvalue weighted by Crippen LogP contribution is 2.45. The Bertz CT molecular complexity index is 317. The maximum atomic E-state index is 10.7. The van der Waals surface area contributed by atoms with Gasteiger partial charge in [-0.25, -0.2) is 4.79 Å². The first-order valence-electron chi connectivity index (χ1n) is 4.36. The third kappa shape index (κ3) is 1.49. The van der Waals surface area contributed by atoms with Gasteiger partial charge in [0.05, 0.1) is 5.54 Å². The van der Waals surface area contributed by atoms with Crippen LogP contribution < -0.4 is 11.1 Å². The lowest BCUT2D eigenvalue weighted by Gasteiger charge is -2.15. The Morgan fingerprint density at radius 2 is 1.92 bits per heavy atom. The highest BCUT2D eigenvalue weighted by molar-refractivity contribution is 5.73. The summed E-state index contributed by atoms with van der Waals surface area (Å²) in [7, 11) is 0. The largest absolute Gasteiger partial charge is 0.352 e. The van der Waals surface area contributed by atoms with Crippen molar-refractivity contribution in [3.8, 4) is 0 Å². The van der Waals surface area contributed by atoms with Gasteiger partial charge in [0.25, 0.3) is 0 Å². The van der Waals surface area contributed by atoms with Crippen molar-refractivity contribution in [2.75, 3.05) is 0 Å². The van der Waals surface area contributed by atoms with E-state index < -0.39 is 6.03 Å². The number of amides is 2. The smallest absolute Gasteiger partial charge is 0.312 e. The predicted molar refractivity (Wildman–Crippen MR) is 50.1 cm³/mol. The molecule has 1 aromatic rings. The number of benzene rings is 1. The zero-order chi connectivity index (χ0) is 9.31. The Morgan fingerprint density at radius 3 is 2.38 bits per heavy atom. The summed E-state index contributed by atoms with van der Waals surface area (Å²) >= 11 is 0. The van der Waals surface area contributed by atoms with E-state index in [0.717, 1.165) is 18.4 Å². The van der Waals surface area contributed by atoms with Crippen LogP contribution in [0.1, 0.15) is 18.4 Å². The average molecular weight is 176 g/mol. The van der Waals surface area contributed by atoms with Crippen molar-refractivity contribution in [3.63, 3.8) is 0 Å². The van der Waals surface area contributed by atoms with E-state index in [0.29, 0.717) is 0 Å². The van der Waals surface area contributed by atoms with Gasteiger partial charge in [-0.1, -0.05) is 30.3 Å². The van der Waals surface area contributed by atoms with E-state index in [2.05, 4.69) is 5.32 Å². The van der Waals surface area contributed by atoms with Crippen molar-refractivity contribution in [1.29, 1.82) is 0 Å². The number of carbonyl (C=O) groups excluding carboxylic acids is 1. The quantitative estimate of drug-likeness (QED) is 0.702. The van der Waals surface area contributed by atoms with Crippen LogP contribution >= 0.6 is 0 Å². The number of hydrogen-bond acceptors (Lipinski definition) is 1. The molecule has 0 aliphatic heterocycles. The molecule has 0 aromatic heterocycles. The fraction of sp³-hybridized carbons (Fsp3) is 0.300. The molecule has 0 unspecified atom stereocenters. The first kappa shape index (κ1) is 8.10. The normalized spacial score (nSPS) is 17.8. The van der Waals surface area contributed by atoms with Crippen LogP contribution in [0.2, 0.25) is 0 Å². The Labute approximate surface area is 76.9 Å². The Hall–Kier alpha value is -1.51. The molecule has 1 saturated carbocycles. The number of urea groups is 1. The van der Waals surface area contributed by atoms with Crippen LogP contribution in [0.4, 0.5) is 4.79 Å². The summed E-state index contributed by atoms with van der Waals surface area (Å²) in [5.41, 5.74) is 6.09. The molecule has 0 spiro atoms. The fourth-order valence-corrected chi connectivity index (χ4v) is 1.60. The molecule has 0 bridgehead atoms. The number of hydrogen-bond donors (Lipinski definition) is 2. The van der Waals surface area contributed by atoms with Gasteiger partial charge in [0, 0.05) is 0 Å². The summed E-state index contributed by atoms with van der Waals surface area (Å²) in [6, 6.07) is 9.49. The van der Waals surface area contributed by atoms with Crippen LogP contribution in [0.15, 0.2) is 30.3 Å². The predicted octanol–water partition coefficient (Wildman–Crippen LogP) is 1.34. The van der Waals surface area contributed by atoms with Crippen LogP contribution in [0, 0.1) is 0 Å². The van der Waals surface area contributed by atoms with Crippen LogP contribution in [0.25, 0.3) is 0 Å². The van der Waals surface area contributed by atoms with E-state index >= 15 is 0 Å². The number of primary amides is 1. The van der Waals surface area contributed by atoms with E-state index in [-0.39, 0.29) is 5.54 Å². The molecule has 1 aromatic carbocycles. The van der Waals surface area contributed by atoms with Gasteiger partial charge in [-0.05, 0) is 18.4 Å². The summed E-state index contributed by atoms with van der Waals surface area (Å²) in [5.74, 6) is 0. The second kappa shape index (κ2) is 2.76. The van der Waals surface area contributed by atoms with Gasteiger partial charge in [0.15, 0.2) is 0 Å². The minimum atomic E-state index is -0.443. The molecule has 2 amide bonds. The minimum absolute atomic E-state index is 0.160. The molecular weight excluding hydrogens is 164 g/mol. The molecule has 0 atom stereocenters. The van der Waals surface area contributed by atoms with E-state index in [9.17, 15) is 4.79 Å². The molecule has 0 heterocycles. The van der Waals surface area contributed by atoms with E-state index in [1.807, 2.05) is 30.3 Å². The van der Waals surface area contributed by atoms with Crippen molar-refractivity contribution < 1.29 is 4.79 Å². The number of nitrogens with two attached hydrogens (primary N) is 1. The summed E-state index contributed by atoms with van der Waals surface area (Å²) in [6.45, 7) is 0. The average Bonchev–Trinajstić information content (AvgIpc) is 2.86. The minimum Gasteiger partial charge on any atom is -0.352 e. The Morgan fingerprint density at radius 1 is 1.31 bits per heavy atom. The maximum absolute atomic E-state index is 10.7. The van der Waals surface area contributed by atoms with Gasteiger partial charge in [-0.2, -0.15) is 0 Å². The van der Waals surface area contributed by atoms with Gasteiger partial charge in [0.1, 0.15) is 0 Å². The molecule has 1 aliphatic carbocycles. The SMILES string of the molecule is NC(=O)NC1(c2ccccc2)CC1.